The van der Waals surface area contributed by atoms with Gasteiger partial charge in [0.25, 0.3) is 5.91 Å². The third-order valence-electron chi connectivity index (χ3n) is 4.50. The smallest absolute Gasteiger partial charge is 0.270 e. The van der Waals surface area contributed by atoms with E-state index in [1.54, 1.807) is 4.90 Å². The first-order valence-corrected chi connectivity index (χ1v) is 8.92. The minimum atomic E-state index is -0.298. The number of para-hydroxylation sites is 1. The molecule has 5 heteroatoms. The molecule has 0 spiro atoms. The standard InChI is InChI=1S/C21H20ClN3O/c1-14-10-15(2)20(18(22)11-14)24-13-17(12-23)21(26)25-9-5-7-16-6-3-4-8-19(16)25/h3-4,6,8,10-11,13,24H,5,7,9H2,1-2H3/b17-13-. The van der Waals surface area contributed by atoms with Gasteiger partial charge in [-0.05, 0) is 55.5 Å². The lowest BCUT2D eigenvalue weighted by atomic mass is 10.0. The van der Waals surface area contributed by atoms with Crippen molar-refractivity contribution in [3.05, 3.63) is 69.9 Å². The quantitative estimate of drug-likeness (QED) is 0.630. The van der Waals surface area contributed by atoms with E-state index in [-0.39, 0.29) is 11.5 Å². The van der Waals surface area contributed by atoms with Crippen LogP contribution in [-0.4, -0.2) is 12.5 Å². The van der Waals surface area contributed by atoms with Crippen LogP contribution in [0.25, 0.3) is 0 Å². The van der Waals surface area contributed by atoms with E-state index in [0.29, 0.717) is 17.3 Å². The van der Waals surface area contributed by atoms with Gasteiger partial charge in [-0.1, -0.05) is 35.9 Å². The van der Waals surface area contributed by atoms with Crippen LogP contribution in [0.5, 0.6) is 0 Å². The molecule has 0 fully saturated rings. The van der Waals surface area contributed by atoms with Crippen molar-refractivity contribution in [1.29, 1.82) is 5.26 Å². The Morgan fingerprint density at radius 3 is 2.81 bits per heavy atom. The molecule has 1 amide bonds. The zero-order chi connectivity index (χ0) is 18.7. The van der Waals surface area contributed by atoms with Crippen molar-refractivity contribution >= 4 is 28.9 Å². The molecule has 0 atom stereocenters. The third kappa shape index (κ3) is 3.58. The summed E-state index contributed by atoms with van der Waals surface area (Å²) in [5.74, 6) is -0.298. The number of nitrogens with zero attached hydrogens (tertiary/aromatic N) is 2. The second kappa shape index (κ2) is 7.63. The Bertz CT molecular complexity index is 904. The first-order chi connectivity index (χ1) is 12.5. The Balaban J connectivity index is 1.87. The Hall–Kier alpha value is -2.77. The number of carbonyl (C=O) groups is 1. The molecular formula is C21H20ClN3O. The number of fused-ring (bicyclic) bond motifs is 1. The number of halogens is 1. The van der Waals surface area contributed by atoms with Crippen LogP contribution in [-0.2, 0) is 11.2 Å². The molecule has 1 heterocycles. The van der Waals surface area contributed by atoms with Gasteiger partial charge in [0.15, 0.2) is 0 Å². The molecule has 0 radical (unpaired) electrons. The van der Waals surface area contributed by atoms with Gasteiger partial charge < -0.3 is 10.2 Å². The number of hydrogen-bond donors (Lipinski definition) is 1. The van der Waals surface area contributed by atoms with Crippen molar-refractivity contribution in [2.75, 3.05) is 16.8 Å². The van der Waals surface area contributed by atoms with Gasteiger partial charge in [-0.15, -0.1) is 0 Å². The zero-order valence-electron chi connectivity index (χ0n) is 14.8. The Labute approximate surface area is 158 Å². The molecule has 4 nitrogen and oxygen atoms in total. The minimum absolute atomic E-state index is 0.0535. The van der Waals surface area contributed by atoms with Crippen LogP contribution in [0.1, 0.15) is 23.1 Å². The third-order valence-corrected chi connectivity index (χ3v) is 4.80. The second-order valence-corrected chi connectivity index (χ2v) is 6.85. The van der Waals surface area contributed by atoms with Gasteiger partial charge >= 0.3 is 0 Å². The number of nitriles is 1. The maximum absolute atomic E-state index is 12.9. The summed E-state index contributed by atoms with van der Waals surface area (Å²) in [6, 6.07) is 13.7. The van der Waals surface area contributed by atoms with Crippen molar-refractivity contribution < 1.29 is 4.79 Å². The summed E-state index contributed by atoms with van der Waals surface area (Å²) < 4.78 is 0. The summed E-state index contributed by atoms with van der Waals surface area (Å²) in [6.45, 7) is 4.51. The molecule has 0 unspecified atom stereocenters. The van der Waals surface area contributed by atoms with Gasteiger partial charge in [-0.25, -0.2) is 0 Å². The summed E-state index contributed by atoms with van der Waals surface area (Å²) in [7, 11) is 0. The lowest BCUT2D eigenvalue weighted by molar-refractivity contribution is -0.114. The van der Waals surface area contributed by atoms with E-state index in [0.717, 1.165) is 35.2 Å². The van der Waals surface area contributed by atoms with Gasteiger partial charge in [-0.3, -0.25) is 4.79 Å². The van der Waals surface area contributed by atoms with Gasteiger partial charge in [0.05, 0.1) is 10.7 Å². The Morgan fingerprint density at radius 2 is 2.08 bits per heavy atom. The van der Waals surface area contributed by atoms with Crippen molar-refractivity contribution in [2.45, 2.75) is 26.7 Å². The molecule has 1 aliphatic heterocycles. The first kappa shape index (κ1) is 18.0. The van der Waals surface area contributed by atoms with Crippen LogP contribution in [0.2, 0.25) is 5.02 Å². The first-order valence-electron chi connectivity index (χ1n) is 8.54. The van der Waals surface area contributed by atoms with Crippen molar-refractivity contribution in [1.82, 2.24) is 0 Å². The predicted molar refractivity (Wildman–Crippen MR) is 105 cm³/mol. The fraction of sp³-hybridized carbons (Fsp3) is 0.238. The van der Waals surface area contributed by atoms with Crippen LogP contribution in [0.3, 0.4) is 0 Å². The highest BCUT2D eigenvalue weighted by atomic mass is 35.5. The van der Waals surface area contributed by atoms with Crippen LogP contribution in [0.15, 0.2) is 48.2 Å². The van der Waals surface area contributed by atoms with Crippen molar-refractivity contribution in [2.24, 2.45) is 0 Å². The molecule has 0 saturated carbocycles. The van der Waals surface area contributed by atoms with E-state index < -0.39 is 0 Å². The molecule has 2 aromatic rings. The van der Waals surface area contributed by atoms with E-state index in [9.17, 15) is 10.1 Å². The van der Waals surface area contributed by atoms with Gasteiger partial charge in [-0.2, -0.15) is 5.26 Å². The van der Waals surface area contributed by atoms with Gasteiger partial charge in [0, 0.05) is 18.4 Å². The highest BCUT2D eigenvalue weighted by Gasteiger charge is 2.24. The molecule has 1 aliphatic rings. The fourth-order valence-corrected chi connectivity index (χ4v) is 3.65. The number of rotatable bonds is 3. The molecule has 3 rings (SSSR count). The van der Waals surface area contributed by atoms with Crippen LogP contribution in [0, 0.1) is 25.2 Å². The number of hydrogen-bond acceptors (Lipinski definition) is 3. The number of nitrogens with one attached hydrogen (secondary N) is 1. The number of benzene rings is 2. The maximum Gasteiger partial charge on any atom is 0.270 e. The Morgan fingerprint density at radius 1 is 1.31 bits per heavy atom. The van der Waals surface area contributed by atoms with Gasteiger partial charge in [0.1, 0.15) is 11.6 Å². The fourth-order valence-electron chi connectivity index (χ4n) is 3.27. The molecule has 1 N–H and O–H groups in total. The molecule has 0 aliphatic carbocycles. The molecule has 2 aromatic carbocycles. The van der Waals surface area contributed by atoms with Crippen LogP contribution >= 0.6 is 11.6 Å². The number of anilines is 2. The molecule has 26 heavy (non-hydrogen) atoms. The molecule has 0 aromatic heterocycles. The maximum atomic E-state index is 12.9. The average Bonchev–Trinajstić information content (AvgIpc) is 2.63. The molecule has 132 valence electrons. The van der Waals surface area contributed by atoms with Crippen molar-refractivity contribution in [3.8, 4) is 6.07 Å². The average molecular weight is 366 g/mol. The van der Waals surface area contributed by atoms with E-state index in [1.165, 1.54) is 6.20 Å². The molecule has 0 bridgehead atoms. The summed E-state index contributed by atoms with van der Waals surface area (Å²) in [5, 5.41) is 13.1. The highest BCUT2D eigenvalue weighted by Crippen LogP contribution is 2.29. The Kier molecular flexibility index (Phi) is 5.29. The van der Waals surface area contributed by atoms with Crippen molar-refractivity contribution in [3.63, 3.8) is 0 Å². The number of aryl methyl sites for hydroxylation is 3. The summed E-state index contributed by atoms with van der Waals surface area (Å²) in [6.07, 6.45) is 3.28. The van der Waals surface area contributed by atoms with Gasteiger partial charge in [0.2, 0.25) is 0 Å². The number of amides is 1. The normalized spacial score (nSPS) is 13.8. The molecular weight excluding hydrogens is 346 g/mol. The van der Waals surface area contributed by atoms with E-state index in [4.69, 9.17) is 11.6 Å². The molecule has 0 saturated heterocycles. The predicted octanol–water partition coefficient (Wildman–Crippen LogP) is 4.76. The topological polar surface area (TPSA) is 56.1 Å². The van der Waals surface area contributed by atoms with E-state index in [2.05, 4.69) is 5.32 Å². The van der Waals surface area contributed by atoms with E-state index >= 15 is 0 Å². The summed E-state index contributed by atoms with van der Waals surface area (Å²) in [4.78, 5) is 14.6. The van der Waals surface area contributed by atoms with Crippen LogP contribution < -0.4 is 10.2 Å². The second-order valence-electron chi connectivity index (χ2n) is 6.44. The number of carbonyl (C=O) groups excluding carboxylic acids is 1. The zero-order valence-corrected chi connectivity index (χ0v) is 15.6. The SMILES string of the molecule is Cc1cc(C)c(N/C=C(/C#N)C(=O)N2CCCc3ccccc32)c(Cl)c1. The summed E-state index contributed by atoms with van der Waals surface area (Å²) in [5.41, 5.74) is 4.79. The monoisotopic (exact) mass is 365 g/mol. The summed E-state index contributed by atoms with van der Waals surface area (Å²) >= 11 is 6.29. The largest absolute Gasteiger partial charge is 0.359 e. The lowest BCUT2D eigenvalue weighted by Gasteiger charge is -2.29. The highest BCUT2D eigenvalue weighted by molar-refractivity contribution is 6.33. The lowest BCUT2D eigenvalue weighted by Crippen LogP contribution is -2.36. The minimum Gasteiger partial charge on any atom is -0.359 e. The van der Waals surface area contributed by atoms with E-state index in [1.807, 2.05) is 56.3 Å². The van der Waals surface area contributed by atoms with Crippen LogP contribution in [0.4, 0.5) is 11.4 Å².